The summed E-state index contributed by atoms with van der Waals surface area (Å²) >= 11 is 0. The first kappa shape index (κ1) is 17.9. The van der Waals surface area contributed by atoms with Gasteiger partial charge in [0.05, 0.1) is 13.2 Å². The Hall–Kier alpha value is -1.14. The fourth-order valence-corrected chi connectivity index (χ4v) is 1.63. The van der Waals surface area contributed by atoms with Crippen LogP contribution in [-0.4, -0.2) is 46.6 Å². The zero-order chi connectivity index (χ0) is 14.9. The zero-order valence-corrected chi connectivity index (χ0v) is 11.6. The number of carboxylic acid groups (broad SMARTS) is 1. The van der Waals surface area contributed by atoms with Crippen molar-refractivity contribution in [3.8, 4) is 0 Å². The fraction of sp³-hybridized carbons (Fsp3) is 0.846. The second kappa shape index (κ2) is 8.87. The Bertz CT molecular complexity index is 285. The highest BCUT2D eigenvalue weighted by Gasteiger charge is 2.48. The van der Waals surface area contributed by atoms with E-state index >= 15 is 0 Å². The number of ether oxygens (including phenoxy) is 1. The number of rotatable bonds is 10. The molecular formula is C13H24O6. The van der Waals surface area contributed by atoms with Crippen molar-refractivity contribution in [1.29, 1.82) is 0 Å². The number of aliphatic hydroxyl groups is 2. The van der Waals surface area contributed by atoms with Crippen molar-refractivity contribution in [3.63, 3.8) is 0 Å². The predicted octanol–water partition coefficient (Wildman–Crippen LogP) is 0.944. The maximum absolute atomic E-state index is 11.8. The van der Waals surface area contributed by atoms with Crippen molar-refractivity contribution in [2.45, 2.75) is 52.1 Å². The highest BCUT2D eigenvalue weighted by molar-refractivity contribution is 5.99. The maximum Gasteiger partial charge on any atom is 0.328 e. The first-order valence-corrected chi connectivity index (χ1v) is 6.64. The molecule has 0 aliphatic carbocycles. The van der Waals surface area contributed by atoms with Crippen LogP contribution in [0.25, 0.3) is 0 Å². The average Bonchev–Trinajstić information content (AvgIpc) is 2.39. The van der Waals surface area contributed by atoms with E-state index in [0.717, 1.165) is 19.3 Å². The fourth-order valence-electron chi connectivity index (χ4n) is 1.63. The molecule has 0 aromatic heterocycles. The Kier molecular flexibility index (Phi) is 8.34. The Morgan fingerprint density at radius 2 is 1.74 bits per heavy atom. The molecule has 0 heterocycles. The Labute approximate surface area is 113 Å². The van der Waals surface area contributed by atoms with Gasteiger partial charge in [0.1, 0.15) is 6.10 Å². The molecule has 0 aliphatic rings. The largest absolute Gasteiger partial charge is 0.480 e. The zero-order valence-electron chi connectivity index (χ0n) is 11.6. The van der Waals surface area contributed by atoms with E-state index in [4.69, 9.17) is 20.1 Å². The summed E-state index contributed by atoms with van der Waals surface area (Å²) in [5.41, 5.74) is -2.27. The van der Waals surface area contributed by atoms with E-state index in [9.17, 15) is 9.59 Å². The van der Waals surface area contributed by atoms with E-state index in [1.807, 2.05) is 6.92 Å². The highest BCUT2D eigenvalue weighted by Crippen LogP contribution is 2.21. The number of carbonyl (C=O) groups excluding carboxylic acids is 1. The van der Waals surface area contributed by atoms with Crippen LogP contribution < -0.4 is 0 Å². The lowest BCUT2D eigenvalue weighted by molar-refractivity contribution is -0.179. The molecule has 112 valence electrons. The van der Waals surface area contributed by atoms with E-state index in [1.165, 1.54) is 0 Å². The van der Waals surface area contributed by atoms with Crippen molar-refractivity contribution in [3.05, 3.63) is 0 Å². The Balaban J connectivity index is 4.64. The van der Waals surface area contributed by atoms with Crippen molar-refractivity contribution >= 4 is 11.9 Å². The van der Waals surface area contributed by atoms with Crippen molar-refractivity contribution in [1.82, 2.24) is 0 Å². The van der Waals surface area contributed by atoms with E-state index in [0.29, 0.717) is 12.8 Å². The van der Waals surface area contributed by atoms with Crippen LogP contribution in [0.15, 0.2) is 0 Å². The Morgan fingerprint density at radius 1 is 1.16 bits per heavy atom. The number of esters is 1. The number of carboxylic acids is 1. The number of hydrogen-bond acceptors (Lipinski definition) is 5. The van der Waals surface area contributed by atoms with Gasteiger partial charge in [-0.05, 0) is 19.3 Å². The van der Waals surface area contributed by atoms with Crippen LogP contribution in [0.1, 0.15) is 46.0 Å². The van der Waals surface area contributed by atoms with Gasteiger partial charge in [-0.25, -0.2) is 0 Å². The van der Waals surface area contributed by atoms with Crippen LogP contribution >= 0.6 is 0 Å². The molecule has 19 heavy (non-hydrogen) atoms. The summed E-state index contributed by atoms with van der Waals surface area (Å²) in [6, 6.07) is 0. The SMILES string of the molecule is CCCCCC(CC)OC(=O)C(CO)(CO)C(=O)O. The number of carbonyl (C=O) groups is 2. The van der Waals surface area contributed by atoms with Crippen LogP contribution in [0.3, 0.4) is 0 Å². The van der Waals surface area contributed by atoms with Gasteiger partial charge in [0.2, 0.25) is 5.41 Å². The lowest BCUT2D eigenvalue weighted by atomic mass is 9.90. The molecule has 6 nitrogen and oxygen atoms in total. The van der Waals surface area contributed by atoms with Crippen LogP contribution in [0.5, 0.6) is 0 Å². The second-order valence-electron chi connectivity index (χ2n) is 4.63. The molecule has 0 bridgehead atoms. The summed E-state index contributed by atoms with van der Waals surface area (Å²) in [7, 11) is 0. The normalized spacial score (nSPS) is 13.1. The third-order valence-electron chi connectivity index (χ3n) is 3.20. The third kappa shape index (κ3) is 4.80. The summed E-state index contributed by atoms with van der Waals surface area (Å²) in [5, 5.41) is 27.1. The van der Waals surface area contributed by atoms with Gasteiger partial charge in [-0.15, -0.1) is 0 Å². The van der Waals surface area contributed by atoms with Crippen molar-refractivity contribution < 1.29 is 29.6 Å². The van der Waals surface area contributed by atoms with Gasteiger partial charge in [0, 0.05) is 0 Å². The lowest BCUT2D eigenvalue weighted by Gasteiger charge is -2.25. The van der Waals surface area contributed by atoms with E-state index in [2.05, 4.69) is 6.92 Å². The summed E-state index contributed by atoms with van der Waals surface area (Å²) < 4.78 is 5.12. The van der Waals surface area contributed by atoms with Crippen molar-refractivity contribution in [2.24, 2.45) is 5.41 Å². The number of aliphatic carboxylic acids is 1. The van der Waals surface area contributed by atoms with Crippen LogP contribution in [0.2, 0.25) is 0 Å². The van der Waals surface area contributed by atoms with Crippen LogP contribution in [0, 0.1) is 5.41 Å². The van der Waals surface area contributed by atoms with E-state index < -0.39 is 30.6 Å². The molecule has 0 saturated carbocycles. The summed E-state index contributed by atoms with van der Waals surface area (Å²) in [4.78, 5) is 22.9. The monoisotopic (exact) mass is 276 g/mol. The van der Waals surface area contributed by atoms with E-state index in [1.54, 1.807) is 0 Å². The topological polar surface area (TPSA) is 104 Å². The molecule has 0 radical (unpaired) electrons. The molecule has 0 spiro atoms. The molecule has 0 aliphatic heterocycles. The van der Waals surface area contributed by atoms with Gasteiger partial charge in [0.25, 0.3) is 0 Å². The molecule has 0 amide bonds. The molecular weight excluding hydrogens is 252 g/mol. The van der Waals surface area contributed by atoms with Crippen LogP contribution in [0.4, 0.5) is 0 Å². The van der Waals surface area contributed by atoms with Crippen molar-refractivity contribution in [2.75, 3.05) is 13.2 Å². The van der Waals surface area contributed by atoms with Crippen LogP contribution in [-0.2, 0) is 14.3 Å². The van der Waals surface area contributed by atoms with Gasteiger partial charge >= 0.3 is 11.9 Å². The number of hydrogen-bond donors (Lipinski definition) is 3. The smallest absolute Gasteiger partial charge is 0.328 e. The first-order valence-electron chi connectivity index (χ1n) is 6.64. The van der Waals surface area contributed by atoms with Gasteiger partial charge in [-0.3, -0.25) is 9.59 Å². The quantitative estimate of drug-likeness (QED) is 0.312. The lowest BCUT2D eigenvalue weighted by Crippen LogP contribution is -2.48. The molecule has 3 N–H and O–H groups in total. The minimum Gasteiger partial charge on any atom is -0.480 e. The molecule has 1 atom stereocenters. The van der Waals surface area contributed by atoms with Gasteiger partial charge < -0.3 is 20.1 Å². The molecule has 0 rings (SSSR count). The number of unbranched alkanes of at least 4 members (excludes halogenated alkanes) is 2. The third-order valence-corrected chi connectivity index (χ3v) is 3.20. The van der Waals surface area contributed by atoms with Gasteiger partial charge in [-0.2, -0.15) is 0 Å². The average molecular weight is 276 g/mol. The summed E-state index contributed by atoms with van der Waals surface area (Å²) in [5.74, 6) is -2.65. The second-order valence-corrected chi connectivity index (χ2v) is 4.63. The molecule has 0 saturated heterocycles. The number of aliphatic hydroxyl groups excluding tert-OH is 2. The summed E-state index contributed by atoms with van der Waals surface area (Å²) in [6.45, 7) is 1.93. The molecule has 1 unspecified atom stereocenters. The van der Waals surface area contributed by atoms with E-state index in [-0.39, 0.29) is 6.10 Å². The standard InChI is InChI=1S/C13H24O6/c1-3-5-6-7-10(4-2)19-12(18)13(8-14,9-15)11(16)17/h10,14-15H,3-9H2,1-2H3,(H,16,17). The molecule has 6 heteroatoms. The molecule has 0 aromatic carbocycles. The Morgan fingerprint density at radius 3 is 2.11 bits per heavy atom. The minimum atomic E-state index is -2.27. The van der Waals surface area contributed by atoms with Gasteiger partial charge in [-0.1, -0.05) is 26.7 Å². The summed E-state index contributed by atoms with van der Waals surface area (Å²) in [6.07, 6.45) is 3.79. The maximum atomic E-state index is 11.8. The minimum absolute atomic E-state index is 0.379. The highest BCUT2D eigenvalue weighted by atomic mass is 16.5. The predicted molar refractivity (Wildman–Crippen MR) is 68.6 cm³/mol. The van der Waals surface area contributed by atoms with Gasteiger partial charge in [0.15, 0.2) is 0 Å². The first-order chi connectivity index (χ1) is 8.98. The molecule has 0 aromatic rings. The molecule has 0 fully saturated rings.